The van der Waals surface area contributed by atoms with E-state index in [1.54, 1.807) is 59.8 Å². The van der Waals surface area contributed by atoms with E-state index in [0.717, 1.165) is 0 Å². The van der Waals surface area contributed by atoms with Crippen molar-refractivity contribution in [2.24, 2.45) is 34.5 Å². The van der Waals surface area contributed by atoms with Crippen LogP contribution in [-0.4, -0.2) is 42.5 Å². The van der Waals surface area contributed by atoms with Crippen molar-refractivity contribution in [3.8, 4) is 0 Å². The van der Waals surface area contributed by atoms with Crippen LogP contribution in [0.2, 0.25) is 0 Å². The van der Waals surface area contributed by atoms with Crippen LogP contribution in [0.25, 0.3) is 0 Å². The molecule has 0 saturated heterocycles. The second-order valence-corrected chi connectivity index (χ2v) is 11.7. The summed E-state index contributed by atoms with van der Waals surface area (Å²) in [6.07, 6.45) is 4.20. The van der Waals surface area contributed by atoms with Crippen LogP contribution in [-0.2, 0) is 33.4 Å². The summed E-state index contributed by atoms with van der Waals surface area (Å²) in [4.78, 5) is 52.2. The summed E-state index contributed by atoms with van der Waals surface area (Å²) < 4.78 is 18.0. The first kappa shape index (κ1) is 28.9. The van der Waals surface area contributed by atoms with E-state index in [1.807, 2.05) is 6.92 Å². The van der Waals surface area contributed by atoms with Crippen LogP contribution in [0.4, 0.5) is 0 Å². The average molecular weight is 515 g/mol. The SMILES string of the molecule is CC=C(C)C(=O)OCC1(C)C(OC(=O)C(C)=CC)C(OC(=O)C(C)=CC)CC2(C)C3C(=O)CC(C)C2C31. The number of carbonyl (C=O) groups is 4. The average Bonchev–Trinajstić information content (AvgIpc) is 2.98. The van der Waals surface area contributed by atoms with Crippen molar-refractivity contribution in [3.05, 3.63) is 34.9 Å². The van der Waals surface area contributed by atoms with Gasteiger partial charge in [-0.1, -0.05) is 39.0 Å². The third-order valence-corrected chi connectivity index (χ3v) is 9.36. The Balaban J connectivity index is 2.15. The maximum Gasteiger partial charge on any atom is 0.333 e. The first-order valence-electron chi connectivity index (χ1n) is 13.3. The van der Waals surface area contributed by atoms with Gasteiger partial charge in [0.2, 0.25) is 0 Å². The fraction of sp³-hybridized carbons (Fsp3) is 0.667. The van der Waals surface area contributed by atoms with Crippen LogP contribution < -0.4 is 0 Å². The molecule has 7 nitrogen and oxygen atoms in total. The van der Waals surface area contributed by atoms with E-state index >= 15 is 0 Å². The number of fused-ring (bicyclic) bond motifs is 1. The smallest absolute Gasteiger partial charge is 0.333 e. The molecule has 3 aliphatic carbocycles. The molecular weight excluding hydrogens is 472 g/mol. The van der Waals surface area contributed by atoms with Crippen LogP contribution in [0.3, 0.4) is 0 Å². The number of allylic oxidation sites excluding steroid dienone is 3. The Hall–Kier alpha value is -2.70. The van der Waals surface area contributed by atoms with Gasteiger partial charge in [-0.05, 0) is 71.1 Å². The summed E-state index contributed by atoms with van der Waals surface area (Å²) in [6, 6.07) is 0. The molecule has 3 saturated carbocycles. The Morgan fingerprint density at radius 1 is 0.865 bits per heavy atom. The molecule has 8 unspecified atom stereocenters. The predicted octanol–water partition coefficient (Wildman–Crippen LogP) is 5.14. The summed E-state index contributed by atoms with van der Waals surface area (Å²) in [5.74, 6) is -1.51. The summed E-state index contributed by atoms with van der Waals surface area (Å²) in [7, 11) is 0. The first-order valence-corrected chi connectivity index (χ1v) is 13.3. The topological polar surface area (TPSA) is 96.0 Å². The minimum atomic E-state index is -0.947. The standard InChI is InChI=1S/C30H42O7/c1-10-16(4)26(32)35-15-30(9)24-22-19(7)13-20(31)23(24)29(22,8)14-21(36-27(33)17(5)11-2)25(30)37-28(34)18(6)12-3/h10-12,19,21-25H,13-15H2,1-9H3. The molecule has 37 heavy (non-hydrogen) atoms. The molecule has 0 aliphatic heterocycles. The first-order chi connectivity index (χ1) is 17.3. The van der Waals surface area contributed by atoms with Crippen molar-refractivity contribution in [1.29, 1.82) is 0 Å². The van der Waals surface area contributed by atoms with Gasteiger partial charge >= 0.3 is 17.9 Å². The molecule has 0 aromatic heterocycles. The predicted molar refractivity (Wildman–Crippen MR) is 139 cm³/mol. The highest BCUT2D eigenvalue weighted by Crippen LogP contribution is 2.73. The molecular formula is C30H42O7. The molecule has 0 spiro atoms. The molecule has 3 fully saturated rings. The van der Waals surface area contributed by atoms with Crippen LogP contribution in [0.15, 0.2) is 34.9 Å². The quantitative estimate of drug-likeness (QED) is 0.264. The Morgan fingerprint density at radius 2 is 1.38 bits per heavy atom. The summed E-state index contributed by atoms with van der Waals surface area (Å²) in [6.45, 7) is 16.3. The molecule has 0 heterocycles. The number of hydrogen-bond acceptors (Lipinski definition) is 7. The number of ketones is 1. The van der Waals surface area contributed by atoms with E-state index < -0.39 is 40.9 Å². The zero-order valence-corrected chi connectivity index (χ0v) is 23.7. The van der Waals surface area contributed by atoms with E-state index in [1.165, 1.54) is 0 Å². The molecule has 0 radical (unpaired) electrons. The van der Waals surface area contributed by atoms with Gasteiger partial charge < -0.3 is 14.2 Å². The van der Waals surface area contributed by atoms with Gasteiger partial charge in [-0.15, -0.1) is 0 Å². The third kappa shape index (κ3) is 4.82. The summed E-state index contributed by atoms with van der Waals surface area (Å²) in [5, 5.41) is 0. The maximum absolute atomic E-state index is 13.4. The number of rotatable bonds is 7. The summed E-state index contributed by atoms with van der Waals surface area (Å²) in [5.41, 5.74) is -0.0256. The van der Waals surface area contributed by atoms with Crippen molar-refractivity contribution in [2.45, 2.75) is 87.4 Å². The number of esters is 3. The van der Waals surface area contributed by atoms with Gasteiger partial charge in [-0.25, -0.2) is 14.4 Å². The Morgan fingerprint density at radius 3 is 1.89 bits per heavy atom. The molecule has 4 bridgehead atoms. The normalized spacial score (nSPS) is 37.8. The fourth-order valence-electron chi connectivity index (χ4n) is 7.09. The molecule has 7 heteroatoms. The zero-order chi connectivity index (χ0) is 27.9. The van der Waals surface area contributed by atoms with E-state index in [2.05, 4.69) is 13.8 Å². The van der Waals surface area contributed by atoms with E-state index in [4.69, 9.17) is 14.2 Å². The number of carbonyl (C=O) groups excluding carboxylic acids is 4. The Bertz CT molecular complexity index is 1070. The fourth-order valence-corrected chi connectivity index (χ4v) is 7.09. The molecule has 3 aliphatic rings. The third-order valence-electron chi connectivity index (χ3n) is 9.36. The molecule has 0 amide bonds. The second kappa shape index (κ2) is 10.6. The minimum Gasteiger partial charge on any atom is -0.462 e. The van der Waals surface area contributed by atoms with Crippen molar-refractivity contribution in [1.82, 2.24) is 0 Å². The Kier molecular flexibility index (Phi) is 8.25. The highest BCUT2D eigenvalue weighted by Gasteiger charge is 2.75. The summed E-state index contributed by atoms with van der Waals surface area (Å²) >= 11 is 0. The van der Waals surface area contributed by atoms with Crippen LogP contribution in [0.1, 0.15) is 75.2 Å². The number of hydrogen-bond donors (Lipinski definition) is 0. The van der Waals surface area contributed by atoms with Gasteiger partial charge in [-0.2, -0.15) is 0 Å². The maximum atomic E-state index is 13.4. The van der Waals surface area contributed by atoms with Crippen molar-refractivity contribution < 1.29 is 33.4 Å². The minimum absolute atomic E-state index is 0.0613. The number of ether oxygens (including phenoxy) is 3. The Labute approximate surface area is 220 Å². The lowest BCUT2D eigenvalue weighted by Crippen LogP contribution is -2.68. The van der Waals surface area contributed by atoms with Crippen molar-refractivity contribution in [2.75, 3.05) is 6.61 Å². The lowest BCUT2D eigenvalue weighted by molar-refractivity contribution is -0.224. The van der Waals surface area contributed by atoms with Crippen LogP contribution in [0, 0.1) is 34.5 Å². The highest BCUT2D eigenvalue weighted by atomic mass is 16.6. The molecule has 3 rings (SSSR count). The second-order valence-electron chi connectivity index (χ2n) is 11.7. The molecule has 8 atom stereocenters. The zero-order valence-electron chi connectivity index (χ0n) is 23.7. The molecule has 204 valence electrons. The highest BCUT2D eigenvalue weighted by molar-refractivity contribution is 5.89. The van der Waals surface area contributed by atoms with Crippen LogP contribution in [0.5, 0.6) is 0 Å². The van der Waals surface area contributed by atoms with Gasteiger partial charge in [0.1, 0.15) is 24.6 Å². The van der Waals surface area contributed by atoms with Gasteiger partial charge in [-0.3, -0.25) is 4.79 Å². The molecule has 0 aromatic carbocycles. The monoisotopic (exact) mass is 514 g/mol. The number of Topliss-reactive ketones (excluding diaryl/α,β-unsaturated/α-hetero) is 1. The van der Waals surface area contributed by atoms with Gasteiger partial charge in [0, 0.05) is 34.5 Å². The van der Waals surface area contributed by atoms with E-state index in [-0.39, 0.29) is 36.1 Å². The van der Waals surface area contributed by atoms with Crippen molar-refractivity contribution >= 4 is 23.7 Å². The van der Waals surface area contributed by atoms with E-state index in [9.17, 15) is 19.2 Å². The lowest BCUT2D eigenvalue weighted by atomic mass is 9.35. The van der Waals surface area contributed by atoms with Gasteiger partial charge in [0.25, 0.3) is 0 Å². The largest absolute Gasteiger partial charge is 0.462 e. The van der Waals surface area contributed by atoms with E-state index in [0.29, 0.717) is 29.6 Å². The van der Waals surface area contributed by atoms with Gasteiger partial charge in [0.05, 0.1) is 0 Å². The van der Waals surface area contributed by atoms with Crippen LogP contribution >= 0.6 is 0 Å². The molecule has 0 aromatic rings. The van der Waals surface area contributed by atoms with Crippen molar-refractivity contribution in [3.63, 3.8) is 0 Å². The molecule has 0 N–H and O–H groups in total. The van der Waals surface area contributed by atoms with Gasteiger partial charge in [0.15, 0.2) is 0 Å². The lowest BCUT2D eigenvalue weighted by Gasteiger charge is -2.67.